The maximum atomic E-state index is 12.6. The van der Waals surface area contributed by atoms with E-state index in [2.05, 4.69) is 15.3 Å². The highest BCUT2D eigenvalue weighted by atomic mass is 32.2. The third kappa shape index (κ3) is 5.23. The molecule has 142 valence electrons. The quantitative estimate of drug-likeness (QED) is 0.510. The van der Waals surface area contributed by atoms with E-state index < -0.39 is 5.76 Å². The van der Waals surface area contributed by atoms with Gasteiger partial charge < -0.3 is 10.3 Å². The number of nitrogens with one attached hydrogen (secondary N) is 2. The van der Waals surface area contributed by atoms with Gasteiger partial charge in [-0.1, -0.05) is 23.9 Å². The van der Waals surface area contributed by atoms with E-state index in [1.54, 1.807) is 23.9 Å². The third-order valence-corrected chi connectivity index (χ3v) is 5.36. The number of thioether (sulfide) groups is 2. The molecule has 0 aliphatic rings. The molecule has 0 unspecified atom stereocenters. The lowest BCUT2D eigenvalue weighted by Gasteiger charge is -2.16. The molecule has 2 N–H and O–H groups in total. The van der Waals surface area contributed by atoms with Crippen LogP contribution >= 0.6 is 23.5 Å². The van der Waals surface area contributed by atoms with Gasteiger partial charge in [-0.25, -0.2) is 4.98 Å². The molecule has 0 saturated carbocycles. The second kappa shape index (κ2) is 9.23. The fraction of sp³-hybridized carbons (Fsp3) is 0.263. The van der Waals surface area contributed by atoms with Gasteiger partial charge >= 0.3 is 0 Å². The van der Waals surface area contributed by atoms with Crippen molar-refractivity contribution in [1.82, 2.24) is 15.3 Å². The summed E-state index contributed by atoms with van der Waals surface area (Å²) < 4.78 is 24.8. The predicted molar refractivity (Wildman–Crippen MR) is 108 cm³/mol. The van der Waals surface area contributed by atoms with E-state index in [0.717, 1.165) is 23.2 Å². The van der Waals surface area contributed by atoms with Gasteiger partial charge in [0.05, 0.1) is 17.1 Å². The number of para-hydroxylation sites is 2. The number of hydrogen-bond acceptors (Lipinski definition) is 4. The maximum absolute atomic E-state index is 12.6. The van der Waals surface area contributed by atoms with Gasteiger partial charge in [-0.2, -0.15) is 20.5 Å². The number of fused-ring (bicyclic) bond motifs is 1. The van der Waals surface area contributed by atoms with Crippen molar-refractivity contribution in [2.75, 3.05) is 12.0 Å². The molecule has 27 heavy (non-hydrogen) atoms. The molecule has 1 atom stereocenters. The zero-order chi connectivity index (χ0) is 19.2. The summed E-state index contributed by atoms with van der Waals surface area (Å²) in [5.74, 6) is -1.15. The third-order valence-electron chi connectivity index (χ3n) is 4.00. The van der Waals surface area contributed by atoms with E-state index >= 15 is 0 Å². The van der Waals surface area contributed by atoms with Crippen molar-refractivity contribution in [2.24, 2.45) is 0 Å². The molecule has 1 aromatic heterocycles. The van der Waals surface area contributed by atoms with Gasteiger partial charge in [0.15, 0.2) is 0 Å². The number of H-pyrrole nitrogens is 1. The first-order valence-corrected chi connectivity index (χ1v) is 10.6. The van der Waals surface area contributed by atoms with Gasteiger partial charge in [0.1, 0.15) is 5.82 Å². The van der Waals surface area contributed by atoms with Crippen molar-refractivity contribution in [3.8, 4) is 0 Å². The van der Waals surface area contributed by atoms with E-state index in [4.69, 9.17) is 0 Å². The number of imidazole rings is 1. The van der Waals surface area contributed by atoms with Crippen molar-refractivity contribution in [1.29, 1.82) is 0 Å². The Labute approximate surface area is 164 Å². The smallest absolute Gasteiger partial charge is 0.288 e. The van der Waals surface area contributed by atoms with Crippen LogP contribution < -0.4 is 5.32 Å². The molecule has 0 spiro atoms. The summed E-state index contributed by atoms with van der Waals surface area (Å²) in [5, 5.41) is 3.00. The first-order chi connectivity index (χ1) is 13.1. The van der Waals surface area contributed by atoms with E-state index in [1.807, 2.05) is 30.5 Å². The Bertz CT molecular complexity index is 866. The number of hydrogen-bond donors (Lipinski definition) is 2. The van der Waals surface area contributed by atoms with E-state index in [9.17, 15) is 13.6 Å². The van der Waals surface area contributed by atoms with Crippen LogP contribution in [0.1, 0.15) is 28.6 Å². The molecule has 0 radical (unpaired) electrons. The molecule has 0 saturated heterocycles. The number of rotatable bonds is 8. The molecule has 3 aromatic rings. The average Bonchev–Trinajstić information content (AvgIpc) is 3.09. The molecule has 4 nitrogen and oxygen atoms in total. The maximum Gasteiger partial charge on any atom is 0.288 e. The van der Waals surface area contributed by atoms with Gasteiger partial charge in [-0.05, 0) is 54.8 Å². The number of carbonyl (C=O) groups is 1. The van der Waals surface area contributed by atoms with Crippen molar-refractivity contribution >= 4 is 40.5 Å². The molecule has 0 fully saturated rings. The number of halogens is 2. The van der Waals surface area contributed by atoms with Crippen LogP contribution in [-0.4, -0.2) is 33.6 Å². The van der Waals surface area contributed by atoms with Crippen LogP contribution in [0.15, 0.2) is 53.4 Å². The highest BCUT2D eigenvalue weighted by molar-refractivity contribution is 7.99. The van der Waals surface area contributed by atoms with Gasteiger partial charge in [-0.3, -0.25) is 4.79 Å². The number of amides is 1. The molecule has 0 aliphatic heterocycles. The first-order valence-electron chi connectivity index (χ1n) is 8.36. The summed E-state index contributed by atoms with van der Waals surface area (Å²) >= 11 is 2.16. The summed E-state index contributed by atoms with van der Waals surface area (Å²) in [5.41, 5.74) is 2.20. The highest BCUT2D eigenvalue weighted by Gasteiger charge is 2.19. The topological polar surface area (TPSA) is 57.8 Å². The van der Waals surface area contributed by atoms with Gasteiger partial charge in [0.25, 0.3) is 11.7 Å². The summed E-state index contributed by atoms with van der Waals surface area (Å²) in [4.78, 5) is 20.9. The van der Waals surface area contributed by atoms with Crippen molar-refractivity contribution < 1.29 is 13.6 Å². The Balaban J connectivity index is 1.76. The van der Waals surface area contributed by atoms with Crippen LogP contribution in [0.2, 0.25) is 0 Å². The molecule has 3 rings (SSSR count). The van der Waals surface area contributed by atoms with E-state index in [-0.39, 0.29) is 11.9 Å². The van der Waals surface area contributed by atoms with Crippen LogP contribution in [0.4, 0.5) is 8.78 Å². The van der Waals surface area contributed by atoms with Crippen LogP contribution in [0, 0.1) is 0 Å². The molecule has 2 aromatic carbocycles. The Morgan fingerprint density at radius 2 is 1.93 bits per heavy atom. The van der Waals surface area contributed by atoms with Gasteiger partial charge in [-0.15, -0.1) is 0 Å². The average molecular weight is 408 g/mol. The van der Waals surface area contributed by atoms with E-state index in [1.165, 1.54) is 12.1 Å². The minimum Gasteiger partial charge on any atom is -0.342 e. The second-order valence-electron chi connectivity index (χ2n) is 5.85. The number of aromatic nitrogens is 2. The Morgan fingerprint density at radius 1 is 1.19 bits per heavy atom. The van der Waals surface area contributed by atoms with Crippen LogP contribution in [0.25, 0.3) is 11.0 Å². The minimum atomic E-state index is -2.48. The lowest BCUT2D eigenvalue weighted by molar-refractivity contribution is 0.0934. The molecule has 1 heterocycles. The van der Waals surface area contributed by atoms with Crippen molar-refractivity contribution in [3.05, 3.63) is 59.9 Å². The summed E-state index contributed by atoms with van der Waals surface area (Å²) in [6, 6.07) is 13.6. The fourth-order valence-corrected chi connectivity index (χ4v) is 3.65. The molecule has 0 bridgehead atoms. The summed E-state index contributed by atoms with van der Waals surface area (Å²) in [6.45, 7) is 0. The van der Waals surface area contributed by atoms with Crippen molar-refractivity contribution in [2.45, 2.75) is 23.1 Å². The van der Waals surface area contributed by atoms with Crippen molar-refractivity contribution in [3.63, 3.8) is 0 Å². The minimum absolute atomic E-state index is 0.254. The largest absolute Gasteiger partial charge is 0.342 e. The summed E-state index contributed by atoms with van der Waals surface area (Å²) in [7, 11) is 0. The Hall–Kier alpha value is -2.06. The lowest BCUT2D eigenvalue weighted by Crippen LogP contribution is -2.29. The monoisotopic (exact) mass is 407 g/mol. The first kappa shape index (κ1) is 19.7. The van der Waals surface area contributed by atoms with E-state index in [0.29, 0.717) is 28.0 Å². The highest BCUT2D eigenvalue weighted by Crippen LogP contribution is 2.25. The number of benzene rings is 2. The number of nitrogens with zero attached hydrogens (tertiary/aromatic N) is 1. The van der Waals surface area contributed by atoms with Gasteiger partial charge in [0.2, 0.25) is 0 Å². The fourth-order valence-electron chi connectivity index (χ4n) is 2.68. The SMILES string of the molecule is CSCC[C@H](NC(=O)c1ccc(SC(F)F)cc1)c1nc2ccccc2[nH]1. The molecular weight excluding hydrogens is 388 g/mol. The summed E-state index contributed by atoms with van der Waals surface area (Å²) in [6.07, 6.45) is 2.74. The number of carbonyl (C=O) groups excluding carboxylic acids is 1. The van der Waals surface area contributed by atoms with Gasteiger partial charge in [0, 0.05) is 10.5 Å². The number of aromatic amines is 1. The Kier molecular flexibility index (Phi) is 6.73. The predicted octanol–water partition coefficient (Wildman–Crippen LogP) is 5.10. The standard InChI is InChI=1S/C19H19F2N3OS2/c1-26-11-10-16(17-22-14-4-2-3-5-15(14)23-17)24-18(25)12-6-8-13(9-7-12)27-19(20)21/h2-9,16,19H,10-11H2,1H3,(H,22,23)(H,24,25)/t16-/m0/s1. The van der Waals surface area contributed by atoms with Crippen LogP contribution in [-0.2, 0) is 0 Å². The lowest BCUT2D eigenvalue weighted by atomic mass is 10.1. The Morgan fingerprint density at radius 3 is 2.59 bits per heavy atom. The second-order valence-corrected chi connectivity index (χ2v) is 7.90. The zero-order valence-electron chi connectivity index (χ0n) is 14.6. The molecule has 8 heteroatoms. The molecular formula is C19H19F2N3OS2. The molecule has 1 amide bonds. The molecule has 0 aliphatic carbocycles. The normalized spacial score (nSPS) is 12.4. The number of alkyl halides is 2. The van der Waals surface area contributed by atoms with Crippen LogP contribution in [0.5, 0.6) is 0 Å². The zero-order valence-corrected chi connectivity index (χ0v) is 16.2. The van der Waals surface area contributed by atoms with Crippen LogP contribution in [0.3, 0.4) is 0 Å².